The summed E-state index contributed by atoms with van der Waals surface area (Å²) in [7, 11) is 6.77. The topological polar surface area (TPSA) is 55.3 Å². The van der Waals surface area contributed by atoms with Crippen molar-refractivity contribution in [2.45, 2.75) is 26.8 Å². The van der Waals surface area contributed by atoms with Gasteiger partial charge in [-0.05, 0) is 18.3 Å². The highest BCUT2D eigenvalue weighted by atomic mass is 127. The van der Waals surface area contributed by atoms with Crippen LogP contribution >= 0.6 is 24.0 Å². The van der Waals surface area contributed by atoms with E-state index in [2.05, 4.69) is 29.1 Å². The Morgan fingerprint density at radius 2 is 1.62 bits per heavy atom. The van der Waals surface area contributed by atoms with Gasteiger partial charge in [-0.1, -0.05) is 13.8 Å². The molecule has 1 aliphatic rings. The molecule has 1 aliphatic heterocycles. The number of ether oxygens (including phenoxy) is 3. The van der Waals surface area contributed by atoms with Crippen LogP contribution in [0.15, 0.2) is 17.1 Å². The number of aliphatic imine (C=N–C) groups is 1. The Kier molecular flexibility index (Phi) is 9.32. The Morgan fingerprint density at radius 3 is 2.04 bits per heavy atom. The van der Waals surface area contributed by atoms with E-state index in [-0.39, 0.29) is 24.0 Å². The van der Waals surface area contributed by atoms with Gasteiger partial charge >= 0.3 is 0 Å². The third-order valence-corrected chi connectivity index (χ3v) is 4.62. The molecule has 6 nitrogen and oxygen atoms in total. The van der Waals surface area contributed by atoms with E-state index in [0.717, 1.165) is 36.1 Å². The van der Waals surface area contributed by atoms with Gasteiger partial charge < -0.3 is 24.4 Å². The van der Waals surface area contributed by atoms with E-state index in [1.165, 1.54) is 6.42 Å². The third-order valence-electron chi connectivity index (χ3n) is 4.62. The van der Waals surface area contributed by atoms with E-state index < -0.39 is 0 Å². The minimum atomic E-state index is 0. The third kappa shape index (κ3) is 5.56. The zero-order valence-electron chi connectivity index (χ0n) is 16.7. The fraction of sp³-hybridized carbons (Fsp3) is 0.632. The molecule has 2 unspecified atom stereocenters. The highest BCUT2D eigenvalue weighted by Crippen LogP contribution is 2.34. The van der Waals surface area contributed by atoms with E-state index in [9.17, 15) is 0 Å². The Balaban J connectivity index is 0.00000338. The number of benzene rings is 1. The second-order valence-electron chi connectivity index (χ2n) is 6.76. The molecule has 0 bridgehead atoms. The van der Waals surface area contributed by atoms with Crippen molar-refractivity contribution >= 4 is 29.9 Å². The van der Waals surface area contributed by atoms with Crippen molar-refractivity contribution in [1.29, 1.82) is 0 Å². The van der Waals surface area contributed by atoms with Gasteiger partial charge in [-0.3, -0.25) is 4.99 Å². The number of likely N-dealkylation sites (tertiary alicyclic amines) is 1. The minimum Gasteiger partial charge on any atom is -0.496 e. The lowest BCUT2D eigenvalue weighted by atomic mass is 9.92. The second-order valence-corrected chi connectivity index (χ2v) is 6.76. The molecule has 1 saturated heterocycles. The number of nitrogens with zero attached hydrogens (tertiary/aromatic N) is 2. The molecule has 1 heterocycles. The van der Waals surface area contributed by atoms with E-state index in [0.29, 0.717) is 24.1 Å². The highest BCUT2D eigenvalue weighted by molar-refractivity contribution is 14.0. The van der Waals surface area contributed by atoms with Crippen molar-refractivity contribution in [2.24, 2.45) is 16.8 Å². The summed E-state index contributed by atoms with van der Waals surface area (Å²) in [4.78, 5) is 6.80. The fourth-order valence-corrected chi connectivity index (χ4v) is 3.59. The smallest absolute Gasteiger partial charge is 0.193 e. The van der Waals surface area contributed by atoms with Crippen LogP contribution in [-0.2, 0) is 6.54 Å². The molecule has 26 heavy (non-hydrogen) atoms. The SMILES string of the molecule is CN=C(NCc1c(OC)cc(OC)cc1OC)N1CC(C)CC(C)C1.I. The number of halogens is 1. The van der Waals surface area contributed by atoms with Gasteiger partial charge in [0, 0.05) is 32.3 Å². The summed E-state index contributed by atoms with van der Waals surface area (Å²) < 4.78 is 16.4. The molecule has 0 amide bonds. The molecule has 1 fully saturated rings. The first-order valence-electron chi connectivity index (χ1n) is 8.76. The first-order valence-corrected chi connectivity index (χ1v) is 8.76. The van der Waals surface area contributed by atoms with Crippen LogP contribution in [0.4, 0.5) is 0 Å². The monoisotopic (exact) mass is 477 g/mol. The zero-order valence-corrected chi connectivity index (χ0v) is 19.0. The maximum atomic E-state index is 5.52. The van der Waals surface area contributed by atoms with E-state index in [1.54, 1.807) is 21.3 Å². The van der Waals surface area contributed by atoms with Gasteiger partial charge in [0.2, 0.25) is 0 Å². The Morgan fingerprint density at radius 1 is 1.08 bits per heavy atom. The van der Waals surface area contributed by atoms with Crippen LogP contribution in [0.2, 0.25) is 0 Å². The molecule has 1 N–H and O–H groups in total. The first-order chi connectivity index (χ1) is 12.0. The second kappa shape index (κ2) is 10.7. The van der Waals surface area contributed by atoms with Crippen molar-refractivity contribution in [3.8, 4) is 17.2 Å². The van der Waals surface area contributed by atoms with Crippen molar-refractivity contribution < 1.29 is 14.2 Å². The summed E-state index contributed by atoms with van der Waals surface area (Å²) in [5.41, 5.74) is 0.949. The maximum absolute atomic E-state index is 5.52. The molecule has 0 spiro atoms. The Hall–Kier alpha value is -1.38. The number of rotatable bonds is 5. The molecular weight excluding hydrogens is 445 g/mol. The molecule has 7 heteroatoms. The molecule has 1 aromatic rings. The fourth-order valence-electron chi connectivity index (χ4n) is 3.59. The summed E-state index contributed by atoms with van der Waals surface area (Å²) in [5, 5.41) is 3.46. The van der Waals surface area contributed by atoms with Crippen LogP contribution in [0.25, 0.3) is 0 Å². The summed E-state index contributed by atoms with van der Waals surface area (Å²) in [6.07, 6.45) is 1.27. The first kappa shape index (κ1) is 22.7. The number of hydrogen-bond acceptors (Lipinski definition) is 4. The lowest BCUT2D eigenvalue weighted by molar-refractivity contribution is 0.208. The predicted molar refractivity (Wildman–Crippen MR) is 116 cm³/mol. The summed E-state index contributed by atoms with van der Waals surface area (Å²) in [5.74, 6) is 4.44. The lowest BCUT2D eigenvalue weighted by Gasteiger charge is -2.37. The van der Waals surface area contributed by atoms with Crippen molar-refractivity contribution in [1.82, 2.24) is 10.2 Å². The summed E-state index contributed by atoms with van der Waals surface area (Å²) >= 11 is 0. The number of guanidine groups is 1. The average molecular weight is 477 g/mol. The minimum absolute atomic E-state index is 0. The van der Waals surface area contributed by atoms with Gasteiger partial charge in [0.1, 0.15) is 17.2 Å². The van der Waals surface area contributed by atoms with Gasteiger partial charge in [-0.25, -0.2) is 0 Å². The quantitative estimate of drug-likeness (QED) is 0.401. The number of nitrogens with one attached hydrogen (secondary N) is 1. The molecule has 2 atom stereocenters. The highest BCUT2D eigenvalue weighted by Gasteiger charge is 2.24. The van der Waals surface area contributed by atoms with E-state index in [4.69, 9.17) is 14.2 Å². The van der Waals surface area contributed by atoms with E-state index in [1.807, 2.05) is 19.2 Å². The van der Waals surface area contributed by atoms with Crippen molar-refractivity contribution in [3.05, 3.63) is 17.7 Å². The Bertz CT molecular complexity index is 575. The zero-order chi connectivity index (χ0) is 18.4. The molecule has 0 aromatic heterocycles. The predicted octanol–water partition coefficient (Wildman–Crippen LogP) is 3.38. The molecular formula is C19H32IN3O3. The van der Waals surface area contributed by atoms with Crippen LogP contribution < -0.4 is 19.5 Å². The summed E-state index contributed by atoms with van der Waals surface area (Å²) in [6, 6.07) is 3.74. The number of methoxy groups -OCH3 is 3. The molecule has 0 radical (unpaired) electrons. The average Bonchev–Trinajstić information content (AvgIpc) is 2.60. The van der Waals surface area contributed by atoms with E-state index >= 15 is 0 Å². The van der Waals surface area contributed by atoms with Gasteiger partial charge in [0.15, 0.2) is 5.96 Å². The Labute approximate surface area is 174 Å². The van der Waals surface area contributed by atoms with Crippen LogP contribution in [-0.4, -0.2) is 52.3 Å². The van der Waals surface area contributed by atoms with Crippen LogP contribution in [0.5, 0.6) is 17.2 Å². The molecule has 0 aliphatic carbocycles. The standard InChI is InChI=1S/C19H31N3O3.HI/c1-13-7-14(2)12-22(11-13)19(20-3)21-10-16-17(24-5)8-15(23-4)9-18(16)25-6;/h8-9,13-14H,7,10-12H2,1-6H3,(H,20,21);1H. The van der Waals surface area contributed by atoms with Gasteiger partial charge in [-0.15, -0.1) is 24.0 Å². The van der Waals surface area contributed by atoms with Crippen molar-refractivity contribution in [2.75, 3.05) is 41.5 Å². The van der Waals surface area contributed by atoms with Crippen LogP contribution in [0.1, 0.15) is 25.8 Å². The summed E-state index contributed by atoms with van der Waals surface area (Å²) in [6.45, 7) is 7.22. The molecule has 0 saturated carbocycles. The largest absolute Gasteiger partial charge is 0.496 e. The van der Waals surface area contributed by atoms with Gasteiger partial charge in [0.25, 0.3) is 0 Å². The normalized spacial score (nSPS) is 20.2. The van der Waals surface area contributed by atoms with Gasteiger partial charge in [0.05, 0.1) is 33.4 Å². The lowest BCUT2D eigenvalue weighted by Crippen LogP contribution is -2.48. The van der Waals surface area contributed by atoms with Crippen LogP contribution in [0.3, 0.4) is 0 Å². The van der Waals surface area contributed by atoms with Crippen molar-refractivity contribution in [3.63, 3.8) is 0 Å². The number of hydrogen-bond donors (Lipinski definition) is 1. The molecule has 148 valence electrons. The maximum Gasteiger partial charge on any atom is 0.193 e. The molecule has 1 aromatic carbocycles. The van der Waals surface area contributed by atoms with Crippen LogP contribution in [0, 0.1) is 11.8 Å². The van der Waals surface area contributed by atoms with Gasteiger partial charge in [-0.2, -0.15) is 0 Å². The number of piperidine rings is 1. The molecule has 2 rings (SSSR count).